The Bertz CT molecular complexity index is 511. The topological polar surface area (TPSA) is 43.8 Å². The molecule has 18 heavy (non-hydrogen) atoms. The van der Waals surface area contributed by atoms with Gasteiger partial charge in [0.05, 0.1) is 11.7 Å². The molecule has 96 valence electrons. The zero-order valence-electron chi connectivity index (χ0n) is 11.4. The fourth-order valence-electron chi connectivity index (χ4n) is 2.31. The third-order valence-electron chi connectivity index (χ3n) is 3.34. The van der Waals surface area contributed by atoms with Gasteiger partial charge in [-0.3, -0.25) is 4.68 Å². The van der Waals surface area contributed by atoms with Crippen molar-refractivity contribution in [3.8, 4) is 0 Å². The minimum Gasteiger partial charge on any atom is -0.328 e. The van der Waals surface area contributed by atoms with Crippen LogP contribution in [0.2, 0.25) is 0 Å². The maximum atomic E-state index is 5.92. The van der Waals surface area contributed by atoms with Crippen molar-refractivity contribution < 1.29 is 0 Å². The first kappa shape index (κ1) is 12.8. The molecule has 1 aromatic heterocycles. The molecule has 3 nitrogen and oxygen atoms in total. The number of aryl methyl sites for hydroxylation is 3. The lowest BCUT2D eigenvalue weighted by Crippen LogP contribution is -2.22. The highest BCUT2D eigenvalue weighted by atomic mass is 15.3. The van der Waals surface area contributed by atoms with Gasteiger partial charge in [-0.05, 0) is 37.5 Å². The van der Waals surface area contributed by atoms with Crippen molar-refractivity contribution in [1.82, 2.24) is 9.78 Å². The van der Waals surface area contributed by atoms with E-state index in [1.165, 1.54) is 11.1 Å². The molecule has 0 bridgehead atoms. The van der Waals surface area contributed by atoms with E-state index >= 15 is 0 Å². The van der Waals surface area contributed by atoms with Crippen molar-refractivity contribution in [2.24, 2.45) is 5.73 Å². The van der Waals surface area contributed by atoms with E-state index in [1.54, 1.807) is 0 Å². The van der Waals surface area contributed by atoms with Crippen molar-refractivity contribution in [3.63, 3.8) is 0 Å². The van der Waals surface area contributed by atoms with Gasteiger partial charge in [0.15, 0.2) is 0 Å². The van der Waals surface area contributed by atoms with Gasteiger partial charge in [0.1, 0.15) is 0 Å². The lowest BCUT2D eigenvalue weighted by atomic mass is 10.0. The Kier molecular flexibility index (Phi) is 3.82. The molecule has 0 aliphatic carbocycles. The van der Waals surface area contributed by atoms with Gasteiger partial charge in [0.2, 0.25) is 0 Å². The number of hydrogen-bond acceptors (Lipinski definition) is 2. The van der Waals surface area contributed by atoms with Crippen LogP contribution in [0.4, 0.5) is 0 Å². The number of aromatic nitrogens is 2. The van der Waals surface area contributed by atoms with E-state index in [4.69, 9.17) is 5.73 Å². The van der Waals surface area contributed by atoms with Crippen LogP contribution in [0, 0.1) is 13.8 Å². The molecule has 3 heteroatoms. The highest BCUT2D eigenvalue weighted by Gasteiger charge is 2.15. The van der Waals surface area contributed by atoms with Gasteiger partial charge in [-0.15, -0.1) is 0 Å². The number of rotatable bonds is 4. The Morgan fingerprint density at radius 3 is 2.33 bits per heavy atom. The van der Waals surface area contributed by atoms with Crippen LogP contribution in [0.1, 0.15) is 35.5 Å². The monoisotopic (exact) mass is 243 g/mol. The van der Waals surface area contributed by atoms with Crippen LogP contribution in [0.3, 0.4) is 0 Å². The molecule has 2 rings (SSSR count). The summed E-state index contributed by atoms with van der Waals surface area (Å²) in [5.74, 6) is 0. The zero-order chi connectivity index (χ0) is 13.1. The molecule has 1 heterocycles. The Morgan fingerprint density at radius 2 is 1.89 bits per heavy atom. The fourth-order valence-corrected chi connectivity index (χ4v) is 2.31. The minimum absolute atomic E-state index is 0.129. The Morgan fingerprint density at radius 1 is 1.22 bits per heavy atom. The number of benzene rings is 1. The lowest BCUT2D eigenvalue weighted by molar-refractivity contribution is 0.516. The summed E-state index contributed by atoms with van der Waals surface area (Å²) in [6.07, 6.45) is 1.06. The number of nitrogens with zero attached hydrogens (tertiary/aromatic N) is 2. The van der Waals surface area contributed by atoms with Gasteiger partial charge < -0.3 is 5.73 Å². The van der Waals surface area contributed by atoms with Crippen LogP contribution in [-0.4, -0.2) is 16.3 Å². The largest absolute Gasteiger partial charge is 0.328 e. The van der Waals surface area contributed by atoms with Crippen molar-refractivity contribution in [2.75, 3.05) is 6.54 Å². The second-order valence-corrected chi connectivity index (χ2v) is 4.72. The highest BCUT2D eigenvalue weighted by Crippen LogP contribution is 2.20. The van der Waals surface area contributed by atoms with Crippen LogP contribution >= 0.6 is 0 Å². The summed E-state index contributed by atoms with van der Waals surface area (Å²) < 4.78 is 2.02. The SMILES string of the molecule is CCc1ccc(C(CN)n2nc(C)cc2C)cc1. The van der Waals surface area contributed by atoms with E-state index in [2.05, 4.69) is 49.3 Å². The predicted molar refractivity (Wildman–Crippen MR) is 74.7 cm³/mol. The second-order valence-electron chi connectivity index (χ2n) is 4.72. The van der Waals surface area contributed by atoms with Crippen LogP contribution in [0.15, 0.2) is 30.3 Å². The summed E-state index contributed by atoms with van der Waals surface area (Å²) in [5, 5.41) is 4.54. The highest BCUT2D eigenvalue weighted by molar-refractivity contribution is 5.26. The van der Waals surface area contributed by atoms with E-state index in [-0.39, 0.29) is 6.04 Å². The first-order valence-corrected chi connectivity index (χ1v) is 6.47. The Hall–Kier alpha value is -1.61. The first-order valence-electron chi connectivity index (χ1n) is 6.47. The van der Waals surface area contributed by atoms with E-state index in [1.807, 2.05) is 11.6 Å². The minimum atomic E-state index is 0.129. The normalized spacial score (nSPS) is 12.7. The summed E-state index contributed by atoms with van der Waals surface area (Å²) in [4.78, 5) is 0. The summed E-state index contributed by atoms with van der Waals surface area (Å²) in [6.45, 7) is 6.81. The summed E-state index contributed by atoms with van der Waals surface area (Å²) in [7, 11) is 0. The molecule has 1 aromatic carbocycles. The molecule has 0 radical (unpaired) electrons. The van der Waals surface area contributed by atoms with Crippen LogP contribution in [-0.2, 0) is 6.42 Å². The van der Waals surface area contributed by atoms with Crippen molar-refractivity contribution in [2.45, 2.75) is 33.2 Å². The van der Waals surface area contributed by atoms with Gasteiger partial charge in [-0.1, -0.05) is 31.2 Å². The smallest absolute Gasteiger partial charge is 0.0893 e. The molecule has 1 unspecified atom stereocenters. The Labute approximate surface area is 109 Å². The Balaban J connectivity index is 2.35. The van der Waals surface area contributed by atoms with Gasteiger partial charge in [-0.25, -0.2) is 0 Å². The van der Waals surface area contributed by atoms with Crippen molar-refractivity contribution in [3.05, 3.63) is 52.8 Å². The van der Waals surface area contributed by atoms with Crippen LogP contribution in [0.5, 0.6) is 0 Å². The van der Waals surface area contributed by atoms with Crippen molar-refractivity contribution >= 4 is 0 Å². The van der Waals surface area contributed by atoms with E-state index < -0.39 is 0 Å². The molecule has 0 amide bonds. The summed E-state index contributed by atoms with van der Waals surface area (Å²) in [6, 6.07) is 10.9. The predicted octanol–water partition coefficient (Wildman–Crippen LogP) is 2.61. The summed E-state index contributed by atoms with van der Waals surface area (Å²) in [5.41, 5.74) is 10.7. The standard InChI is InChI=1S/C15H21N3/c1-4-13-5-7-14(8-6-13)15(10-16)18-12(3)9-11(2)17-18/h5-9,15H,4,10,16H2,1-3H3. The number of nitrogens with two attached hydrogens (primary N) is 1. The molecule has 0 fully saturated rings. The third kappa shape index (κ3) is 2.46. The molecule has 2 N–H and O–H groups in total. The van der Waals surface area contributed by atoms with Crippen LogP contribution in [0.25, 0.3) is 0 Å². The van der Waals surface area contributed by atoms with E-state index in [0.29, 0.717) is 6.54 Å². The molecular formula is C15H21N3. The molecule has 0 aliphatic rings. The molecule has 0 aliphatic heterocycles. The first-order chi connectivity index (χ1) is 8.65. The fraction of sp³-hybridized carbons (Fsp3) is 0.400. The van der Waals surface area contributed by atoms with Gasteiger partial charge >= 0.3 is 0 Å². The average molecular weight is 243 g/mol. The third-order valence-corrected chi connectivity index (χ3v) is 3.34. The zero-order valence-corrected chi connectivity index (χ0v) is 11.4. The maximum Gasteiger partial charge on any atom is 0.0893 e. The van der Waals surface area contributed by atoms with E-state index in [9.17, 15) is 0 Å². The summed E-state index contributed by atoms with van der Waals surface area (Å²) >= 11 is 0. The van der Waals surface area contributed by atoms with Crippen molar-refractivity contribution in [1.29, 1.82) is 0 Å². The molecule has 0 saturated heterocycles. The molecule has 0 spiro atoms. The molecule has 1 atom stereocenters. The van der Waals surface area contributed by atoms with Crippen LogP contribution < -0.4 is 5.73 Å². The average Bonchev–Trinajstić information content (AvgIpc) is 2.70. The van der Waals surface area contributed by atoms with Gasteiger partial charge in [0, 0.05) is 12.2 Å². The van der Waals surface area contributed by atoms with E-state index in [0.717, 1.165) is 17.8 Å². The lowest BCUT2D eigenvalue weighted by Gasteiger charge is -2.18. The second kappa shape index (κ2) is 5.36. The molecular weight excluding hydrogens is 222 g/mol. The maximum absolute atomic E-state index is 5.92. The molecule has 2 aromatic rings. The molecule has 0 saturated carbocycles. The number of hydrogen-bond donors (Lipinski definition) is 1. The van der Waals surface area contributed by atoms with Gasteiger partial charge in [0.25, 0.3) is 0 Å². The quantitative estimate of drug-likeness (QED) is 0.897. The van der Waals surface area contributed by atoms with Gasteiger partial charge in [-0.2, -0.15) is 5.10 Å².